The Kier molecular flexibility index (Phi) is 4.17. The van der Waals surface area contributed by atoms with Gasteiger partial charge in [-0.05, 0) is 45.1 Å². The minimum Gasteiger partial charge on any atom is -0.463 e. The van der Waals surface area contributed by atoms with Gasteiger partial charge in [0.25, 0.3) is 0 Å². The first kappa shape index (κ1) is 17.0. The fourth-order valence-corrected chi connectivity index (χ4v) is 4.04. The van der Waals surface area contributed by atoms with Gasteiger partial charge in [0.2, 0.25) is 5.88 Å². The number of nitrogens with two attached hydrogens (primary N) is 1. The highest BCUT2D eigenvalue weighted by Gasteiger charge is 2.35. The second-order valence-electron chi connectivity index (χ2n) is 7.84. The summed E-state index contributed by atoms with van der Waals surface area (Å²) in [7, 11) is 0. The molecule has 0 saturated heterocycles. The van der Waals surface area contributed by atoms with E-state index < -0.39 is 5.60 Å². The molecule has 1 aliphatic heterocycles. The van der Waals surface area contributed by atoms with Crippen LogP contribution in [0.5, 0.6) is 5.88 Å². The number of anilines is 1. The number of aliphatic imine (C=N–C) groups is 1. The van der Waals surface area contributed by atoms with Crippen LogP contribution in [-0.4, -0.2) is 21.3 Å². The van der Waals surface area contributed by atoms with Crippen molar-refractivity contribution in [3.05, 3.63) is 41.2 Å². The topological polar surface area (TPSA) is 73.4 Å². The summed E-state index contributed by atoms with van der Waals surface area (Å²) in [5, 5.41) is 0. The standard InChI is InChI=1S/C21H26N4O/c1-13-23-19(22)17-20(24-13)26-21(2,3)18(25-17)16-11-9-15(10-12-16)14-7-5-4-6-8-14/h9-12,14H,4-8H2,1-3H3,(H2,22,23,24). The monoisotopic (exact) mass is 350 g/mol. The highest BCUT2D eigenvalue weighted by molar-refractivity contribution is 6.09. The molecule has 0 spiro atoms. The van der Waals surface area contributed by atoms with Crippen LogP contribution in [0.4, 0.5) is 11.5 Å². The Morgan fingerprint density at radius 2 is 1.73 bits per heavy atom. The Bertz CT molecular complexity index is 849. The number of aromatic nitrogens is 2. The zero-order valence-corrected chi connectivity index (χ0v) is 15.7. The van der Waals surface area contributed by atoms with Crippen molar-refractivity contribution in [1.82, 2.24) is 9.97 Å². The van der Waals surface area contributed by atoms with Crippen LogP contribution in [0.3, 0.4) is 0 Å². The number of hydrogen-bond acceptors (Lipinski definition) is 5. The van der Waals surface area contributed by atoms with Gasteiger partial charge in [0.05, 0.1) is 5.71 Å². The van der Waals surface area contributed by atoms with Gasteiger partial charge in [-0.3, -0.25) is 0 Å². The third-order valence-electron chi connectivity index (χ3n) is 5.40. The molecule has 2 N–H and O–H groups in total. The number of fused-ring (bicyclic) bond motifs is 1. The van der Waals surface area contributed by atoms with Crippen molar-refractivity contribution in [3.8, 4) is 5.88 Å². The van der Waals surface area contributed by atoms with E-state index in [1.54, 1.807) is 6.92 Å². The second-order valence-corrected chi connectivity index (χ2v) is 7.84. The van der Waals surface area contributed by atoms with Gasteiger partial charge in [0.15, 0.2) is 11.5 Å². The predicted octanol–water partition coefficient (Wildman–Crippen LogP) is 4.71. The molecule has 2 aromatic rings. The maximum atomic E-state index is 6.13. The van der Waals surface area contributed by atoms with Crippen LogP contribution < -0.4 is 10.5 Å². The van der Waals surface area contributed by atoms with Crippen molar-refractivity contribution in [2.45, 2.75) is 64.4 Å². The minimum atomic E-state index is -0.577. The molecule has 1 fully saturated rings. The minimum absolute atomic E-state index is 0.360. The van der Waals surface area contributed by atoms with Gasteiger partial charge < -0.3 is 10.5 Å². The first-order valence-corrected chi connectivity index (χ1v) is 9.47. The molecule has 4 rings (SSSR count). The van der Waals surface area contributed by atoms with Crippen LogP contribution in [0.15, 0.2) is 29.3 Å². The van der Waals surface area contributed by atoms with Crippen LogP contribution in [-0.2, 0) is 0 Å². The first-order valence-electron chi connectivity index (χ1n) is 9.47. The van der Waals surface area contributed by atoms with Crippen molar-refractivity contribution < 1.29 is 4.74 Å². The molecule has 136 valence electrons. The van der Waals surface area contributed by atoms with E-state index in [9.17, 15) is 0 Å². The van der Waals surface area contributed by atoms with Gasteiger partial charge in [-0.2, -0.15) is 4.98 Å². The number of hydrogen-bond donors (Lipinski definition) is 1. The van der Waals surface area contributed by atoms with E-state index in [4.69, 9.17) is 15.5 Å². The Balaban J connectivity index is 1.70. The number of nitrogen functional groups attached to an aromatic ring is 1. The van der Waals surface area contributed by atoms with Crippen LogP contribution >= 0.6 is 0 Å². The van der Waals surface area contributed by atoms with E-state index in [1.165, 1.54) is 37.7 Å². The van der Waals surface area contributed by atoms with Gasteiger partial charge in [-0.15, -0.1) is 0 Å². The fourth-order valence-electron chi connectivity index (χ4n) is 4.04. The smallest absolute Gasteiger partial charge is 0.246 e. The lowest BCUT2D eigenvalue weighted by atomic mass is 9.83. The lowest BCUT2D eigenvalue weighted by molar-refractivity contribution is 0.171. The Morgan fingerprint density at radius 1 is 1.04 bits per heavy atom. The Morgan fingerprint density at radius 3 is 2.42 bits per heavy atom. The summed E-state index contributed by atoms with van der Waals surface area (Å²) in [4.78, 5) is 13.4. The summed E-state index contributed by atoms with van der Waals surface area (Å²) in [6, 6.07) is 8.80. The van der Waals surface area contributed by atoms with Gasteiger partial charge >= 0.3 is 0 Å². The molecule has 0 amide bonds. The average molecular weight is 350 g/mol. The van der Waals surface area contributed by atoms with Gasteiger partial charge in [0, 0.05) is 5.56 Å². The molecule has 1 aromatic heterocycles. The lowest BCUT2D eigenvalue weighted by Gasteiger charge is -2.32. The predicted molar refractivity (Wildman–Crippen MR) is 104 cm³/mol. The van der Waals surface area contributed by atoms with E-state index in [2.05, 4.69) is 34.2 Å². The summed E-state index contributed by atoms with van der Waals surface area (Å²) >= 11 is 0. The third kappa shape index (κ3) is 3.06. The molecule has 26 heavy (non-hydrogen) atoms. The highest BCUT2D eigenvalue weighted by atomic mass is 16.5. The van der Waals surface area contributed by atoms with Crippen molar-refractivity contribution in [1.29, 1.82) is 0 Å². The molecule has 0 unspecified atom stereocenters. The molecule has 0 atom stereocenters. The zero-order chi connectivity index (χ0) is 18.3. The van der Waals surface area contributed by atoms with E-state index in [-0.39, 0.29) is 0 Å². The molecule has 1 saturated carbocycles. The van der Waals surface area contributed by atoms with Crippen LogP contribution in [0.25, 0.3) is 0 Å². The van der Waals surface area contributed by atoms with E-state index in [0.29, 0.717) is 29.1 Å². The van der Waals surface area contributed by atoms with E-state index in [1.807, 2.05) is 13.8 Å². The maximum Gasteiger partial charge on any atom is 0.246 e. The quantitative estimate of drug-likeness (QED) is 0.851. The highest BCUT2D eigenvalue weighted by Crippen LogP contribution is 2.40. The number of benzene rings is 1. The maximum absolute atomic E-state index is 6.13. The van der Waals surface area contributed by atoms with Crippen LogP contribution in [0.2, 0.25) is 0 Å². The van der Waals surface area contributed by atoms with E-state index in [0.717, 1.165) is 11.3 Å². The molecule has 0 bridgehead atoms. The summed E-state index contributed by atoms with van der Waals surface area (Å²) < 4.78 is 6.13. The summed E-state index contributed by atoms with van der Waals surface area (Å²) in [6.07, 6.45) is 6.66. The molecule has 1 aliphatic carbocycles. The van der Waals surface area contributed by atoms with Crippen molar-refractivity contribution >= 4 is 17.2 Å². The first-order chi connectivity index (χ1) is 12.4. The van der Waals surface area contributed by atoms with Gasteiger partial charge in [-0.1, -0.05) is 43.5 Å². The number of nitrogens with zero attached hydrogens (tertiary/aromatic N) is 3. The number of ether oxygens (including phenoxy) is 1. The third-order valence-corrected chi connectivity index (χ3v) is 5.40. The summed E-state index contributed by atoms with van der Waals surface area (Å²) in [5.41, 5.74) is 9.36. The van der Waals surface area contributed by atoms with Crippen LogP contribution in [0, 0.1) is 6.92 Å². The normalized spacial score (nSPS) is 19.4. The molecule has 5 nitrogen and oxygen atoms in total. The molecular formula is C21H26N4O. The average Bonchev–Trinajstić information content (AvgIpc) is 2.61. The number of rotatable bonds is 2. The SMILES string of the molecule is Cc1nc(N)c2c(n1)OC(C)(C)C(c1ccc(C3CCCCC3)cc1)=N2. The summed E-state index contributed by atoms with van der Waals surface area (Å²) in [6.45, 7) is 5.82. The van der Waals surface area contributed by atoms with Crippen molar-refractivity contribution in [2.75, 3.05) is 5.73 Å². The Labute approximate surface area is 154 Å². The largest absolute Gasteiger partial charge is 0.463 e. The molecular weight excluding hydrogens is 324 g/mol. The molecule has 2 heterocycles. The molecule has 2 aliphatic rings. The van der Waals surface area contributed by atoms with Gasteiger partial charge in [0.1, 0.15) is 11.4 Å². The lowest BCUT2D eigenvalue weighted by Crippen LogP contribution is -2.41. The second kappa shape index (κ2) is 6.38. The van der Waals surface area contributed by atoms with E-state index >= 15 is 0 Å². The molecule has 5 heteroatoms. The number of aryl methyl sites for hydroxylation is 1. The summed E-state index contributed by atoms with van der Waals surface area (Å²) in [5.74, 6) is 2.11. The van der Waals surface area contributed by atoms with Crippen molar-refractivity contribution in [2.24, 2.45) is 4.99 Å². The Hall–Kier alpha value is -2.43. The van der Waals surface area contributed by atoms with Crippen LogP contribution in [0.1, 0.15) is 68.8 Å². The molecule has 1 aromatic carbocycles. The van der Waals surface area contributed by atoms with Gasteiger partial charge in [-0.25, -0.2) is 9.98 Å². The molecule has 0 radical (unpaired) electrons. The fraction of sp³-hybridized carbons (Fsp3) is 0.476. The van der Waals surface area contributed by atoms with Crippen molar-refractivity contribution in [3.63, 3.8) is 0 Å². The zero-order valence-electron chi connectivity index (χ0n) is 15.7.